The van der Waals surface area contributed by atoms with Gasteiger partial charge in [0.1, 0.15) is 18.1 Å². The van der Waals surface area contributed by atoms with Crippen LogP contribution in [0.15, 0.2) is 35.6 Å². The van der Waals surface area contributed by atoms with Gasteiger partial charge in [-0.15, -0.1) is 0 Å². The molecule has 1 rings (SSSR count). The molecule has 1 N–H and O–H groups in total. The van der Waals surface area contributed by atoms with Gasteiger partial charge < -0.3 is 14.6 Å². The molecular formula is C15H18O5. The molecule has 0 atom stereocenters. The van der Waals surface area contributed by atoms with Crippen LogP contribution in [0.25, 0.3) is 0 Å². The van der Waals surface area contributed by atoms with E-state index < -0.39 is 5.97 Å². The maximum Gasteiger partial charge on any atom is 0.310 e. The highest BCUT2D eigenvalue weighted by molar-refractivity contribution is 5.97. The predicted molar refractivity (Wildman–Crippen MR) is 73.6 cm³/mol. The molecule has 0 fully saturated rings. The normalized spacial score (nSPS) is 11.6. The lowest BCUT2D eigenvalue weighted by Gasteiger charge is -2.09. The number of esters is 1. The van der Waals surface area contributed by atoms with Crippen molar-refractivity contribution in [3.8, 4) is 5.75 Å². The van der Waals surface area contributed by atoms with Gasteiger partial charge in [0, 0.05) is 5.57 Å². The number of ether oxygens (including phenoxy) is 2. The number of hydrogen-bond donors (Lipinski definition) is 1. The minimum atomic E-state index is -0.586. The number of aliphatic hydroxyl groups is 1. The standard InChI is InChI=1S/C15H18O5/c1-10-5-4-6-12(7-10)20-9-14(17)13(11(2)16)8-15(18)19-3/h4-7,17H,8-9H2,1-3H3/b14-13-. The van der Waals surface area contributed by atoms with E-state index in [0.717, 1.165) is 5.56 Å². The number of ketones is 1. The van der Waals surface area contributed by atoms with E-state index in [1.54, 1.807) is 12.1 Å². The van der Waals surface area contributed by atoms with Crippen LogP contribution >= 0.6 is 0 Å². The minimum absolute atomic E-state index is 0.00417. The van der Waals surface area contributed by atoms with E-state index in [-0.39, 0.29) is 30.1 Å². The molecule has 0 aliphatic heterocycles. The quantitative estimate of drug-likeness (QED) is 0.491. The maximum absolute atomic E-state index is 11.4. The number of carbonyl (C=O) groups is 2. The van der Waals surface area contributed by atoms with Crippen LogP contribution in [0.2, 0.25) is 0 Å². The Hall–Kier alpha value is -2.30. The summed E-state index contributed by atoms with van der Waals surface area (Å²) in [6.45, 7) is 3.03. The van der Waals surface area contributed by atoms with Crippen molar-refractivity contribution < 1.29 is 24.2 Å². The Kier molecular flexibility index (Phi) is 5.77. The fourth-order valence-corrected chi connectivity index (χ4v) is 1.59. The summed E-state index contributed by atoms with van der Waals surface area (Å²) in [7, 11) is 1.22. The summed E-state index contributed by atoms with van der Waals surface area (Å²) in [5.41, 5.74) is 1.02. The van der Waals surface area contributed by atoms with Gasteiger partial charge in [0.2, 0.25) is 0 Å². The van der Waals surface area contributed by atoms with Crippen molar-refractivity contribution in [3.63, 3.8) is 0 Å². The van der Waals surface area contributed by atoms with Crippen LogP contribution in [0.5, 0.6) is 5.75 Å². The van der Waals surface area contributed by atoms with Gasteiger partial charge in [-0.3, -0.25) is 9.59 Å². The Balaban J connectivity index is 2.78. The lowest BCUT2D eigenvalue weighted by Crippen LogP contribution is -2.13. The first-order valence-electron chi connectivity index (χ1n) is 6.12. The molecule has 0 saturated carbocycles. The Labute approximate surface area is 117 Å². The van der Waals surface area contributed by atoms with Crippen molar-refractivity contribution >= 4 is 11.8 Å². The molecule has 5 nitrogen and oxygen atoms in total. The monoisotopic (exact) mass is 278 g/mol. The van der Waals surface area contributed by atoms with E-state index in [9.17, 15) is 14.7 Å². The summed E-state index contributed by atoms with van der Waals surface area (Å²) < 4.78 is 9.87. The van der Waals surface area contributed by atoms with E-state index in [2.05, 4.69) is 4.74 Å². The molecule has 5 heteroatoms. The largest absolute Gasteiger partial charge is 0.508 e. The number of aliphatic hydroxyl groups excluding tert-OH is 1. The number of carbonyl (C=O) groups excluding carboxylic acids is 2. The van der Waals surface area contributed by atoms with E-state index in [1.165, 1.54) is 14.0 Å². The van der Waals surface area contributed by atoms with Gasteiger partial charge in [-0.1, -0.05) is 12.1 Å². The van der Waals surface area contributed by atoms with E-state index in [4.69, 9.17) is 4.74 Å². The Bertz CT molecular complexity index is 531. The van der Waals surface area contributed by atoms with Gasteiger partial charge in [-0.05, 0) is 31.5 Å². The third kappa shape index (κ3) is 4.76. The molecule has 20 heavy (non-hydrogen) atoms. The summed E-state index contributed by atoms with van der Waals surface area (Å²) >= 11 is 0. The van der Waals surface area contributed by atoms with Crippen molar-refractivity contribution in [1.82, 2.24) is 0 Å². The first kappa shape index (κ1) is 15.8. The zero-order valence-electron chi connectivity index (χ0n) is 11.8. The topological polar surface area (TPSA) is 72.8 Å². The van der Waals surface area contributed by atoms with Crippen molar-refractivity contribution in [1.29, 1.82) is 0 Å². The van der Waals surface area contributed by atoms with Crippen LogP contribution in [0.3, 0.4) is 0 Å². The van der Waals surface area contributed by atoms with Crippen molar-refractivity contribution in [2.75, 3.05) is 13.7 Å². The molecule has 0 radical (unpaired) electrons. The highest BCUT2D eigenvalue weighted by Crippen LogP contribution is 2.15. The molecule has 108 valence electrons. The second kappa shape index (κ2) is 7.33. The fourth-order valence-electron chi connectivity index (χ4n) is 1.59. The number of methoxy groups -OCH3 is 1. The Morgan fingerprint density at radius 1 is 1.30 bits per heavy atom. The summed E-state index contributed by atoms with van der Waals surface area (Å²) in [5, 5.41) is 9.88. The van der Waals surface area contributed by atoms with Gasteiger partial charge in [0.05, 0.1) is 13.5 Å². The number of rotatable bonds is 6. The van der Waals surface area contributed by atoms with Crippen LogP contribution < -0.4 is 4.74 Å². The van der Waals surface area contributed by atoms with Crippen LogP contribution in [0.1, 0.15) is 18.9 Å². The summed E-state index contributed by atoms with van der Waals surface area (Å²) in [4.78, 5) is 22.6. The third-order valence-electron chi connectivity index (χ3n) is 2.69. The van der Waals surface area contributed by atoms with Gasteiger partial charge in [0.15, 0.2) is 5.78 Å². The first-order valence-corrected chi connectivity index (χ1v) is 6.12. The average molecular weight is 278 g/mol. The molecule has 1 aromatic rings. The lowest BCUT2D eigenvalue weighted by molar-refractivity contribution is -0.140. The highest BCUT2D eigenvalue weighted by atomic mass is 16.5. The summed E-state index contributed by atoms with van der Waals surface area (Å²) in [6.07, 6.45) is -0.269. The lowest BCUT2D eigenvalue weighted by atomic mass is 10.1. The number of aryl methyl sites for hydroxylation is 1. The zero-order valence-corrected chi connectivity index (χ0v) is 11.8. The molecule has 0 spiro atoms. The van der Waals surface area contributed by atoms with Gasteiger partial charge in [-0.2, -0.15) is 0 Å². The van der Waals surface area contributed by atoms with Gasteiger partial charge in [0.25, 0.3) is 0 Å². The smallest absolute Gasteiger partial charge is 0.310 e. The second-order valence-electron chi connectivity index (χ2n) is 4.34. The SMILES string of the molecule is COC(=O)C/C(C(C)=O)=C(/O)COc1cccc(C)c1. The maximum atomic E-state index is 11.4. The van der Waals surface area contributed by atoms with E-state index >= 15 is 0 Å². The fraction of sp³-hybridized carbons (Fsp3) is 0.333. The van der Waals surface area contributed by atoms with E-state index in [0.29, 0.717) is 5.75 Å². The predicted octanol–water partition coefficient (Wildman–Crippen LogP) is 2.34. The van der Waals surface area contributed by atoms with Crippen molar-refractivity contribution in [2.24, 2.45) is 0 Å². The molecule has 0 saturated heterocycles. The molecule has 0 aliphatic carbocycles. The molecule has 0 aliphatic rings. The summed E-state index contributed by atoms with van der Waals surface area (Å²) in [5.74, 6) is -0.653. The molecular weight excluding hydrogens is 260 g/mol. The van der Waals surface area contributed by atoms with Gasteiger partial charge >= 0.3 is 5.97 Å². The van der Waals surface area contributed by atoms with Gasteiger partial charge in [-0.25, -0.2) is 0 Å². The van der Waals surface area contributed by atoms with Crippen molar-refractivity contribution in [3.05, 3.63) is 41.2 Å². The van der Waals surface area contributed by atoms with Crippen molar-refractivity contribution in [2.45, 2.75) is 20.3 Å². The average Bonchev–Trinajstić information content (AvgIpc) is 2.41. The number of benzene rings is 1. The Morgan fingerprint density at radius 2 is 2.00 bits per heavy atom. The molecule has 0 bridgehead atoms. The van der Waals surface area contributed by atoms with Crippen LogP contribution in [-0.4, -0.2) is 30.6 Å². The summed E-state index contributed by atoms with van der Waals surface area (Å²) in [6, 6.07) is 7.29. The van der Waals surface area contributed by atoms with Crippen LogP contribution in [0.4, 0.5) is 0 Å². The minimum Gasteiger partial charge on any atom is -0.508 e. The Morgan fingerprint density at radius 3 is 2.55 bits per heavy atom. The molecule has 1 aromatic carbocycles. The molecule has 0 unspecified atom stereocenters. The molecule has 0 amide bonds. The zero-order chi connectivity index (χ0) is 15.1. The molecule has 0 heterocycles. The van der Waals surface area contributed by atoms with E-state index in [1.807, 2.05) is 19.1 Å². The third-order valence-corrected chi connectivity index (χ3v) is 2.69. The highest BCUT2D eigenvalue weighted by Gasteiger charge is 2.16. The van der Waals surface area contributed by atoms with Crippen LogP contribution in [0, 0.1) is 6.92 Å². The number of Topliss-reactive ketones (excluding diaryl/α,β-unsaturated/α-hetero) is 1. The molecule has 0 aromatic heterocycles. The first-order chi connectivity index (χ1) is 9.43. The second-order valence-corrected chi connectivity index (χ2v) is 4.34. The number of hydrogen-bond acceptors (Lipinski definition) is 5. The van der Waals surface area contributed by atoms with Crippen LogP contribution in [-0.2, 0) is 14.3 Å².